The zero-order valence-corrected chi connectivity index (χ0v) is 11.4. The van der Waals surface area contributed by atoms with Gasteiger partial charge in [-0.25, -0.2) is 4.79 Å². The summed E-state index contributed by atoms with van der Waals surface area (Å²) in [6.07, 6.45) is 10.4. The van der Waals surface area contributed by atoms with Crippen LogP contribution in [0.25, 0.3) is 22.4 Å². The molecule has 2 N–H and O–H groups in total. The Morgan fingerprint density at radius 3 is 2.45 bits per heavy atom. The van der Waals surface area contributed by atoms with Crippen LogP contribution >= 0.6 is 0 Å². The number of aromatic amines is 1. The molecule has 0 atom stereocenters. The molecule has 0 saturated carbocycles. The number of rotatable bonds is 3. The van der Waals surface area contributed by atoms with Gasteiger partial charge in [0.25, 0.3) is 0 Å². The highest BCUT2D eigenvalue weighted by Gasteiger charge is 2.20. The lowest BCUT2D eigenvalue weighted by Crippen LogP contribution is -2.03. The number of hydrogen-bond donors (Lipinski definition) is 2. The van der Waals surface area contributed by atoms with Crippen LogP contribution in [0.15, 0.2) is 48.9 Å². The molecular formula is C17H11N3O2. The van der Waals surface area contributed by atoms with Gasteiger partial charge in [0.2, 0.25) is 0 Å². The lowest BCUT2D eigenvalue weighted by Gasteiger charge is -2.14. The van der Waals surface area contributed by atoms with E-state index in [1.165, 1.54) is 6.07 Å². The van der Waals surface area contributed by atoms with Crippen molar-refractivity contribution in [3.8, 4) is 34.7 Å². The predicted molar refractivity (Wildman–Crippen MR) is 82.1 cm³/mol. The van der Waals surface area contributed by atoms with Gasteiger partial charge in [-0.2, -0.15) is 5.10 Å². The molecule has 0 aliphatic heterocycles. The summed E-state index contributed by atoms with van der Waals surface area (Å²) in [6.45, 7) is 0. The SMILES string of the molecule is C#Cc1ccc(C(=O)O)c(-c2ccn[nH]2)c1-c1ccncc1. The number of carboxylic acid groups (broad SMARTS) is 1. The monoisotopic (exact) mass is 289 g/mol. The molecule has 0 spiro atoms. The molecule has 0 aliphatic rings. The lowest BCUT2D eigenvalue weighted by atomic mass is 9.89. The first-order valence-corrected chi connectivity index (χ1v) is 6.49. The highest BCUT2D eigenvalue weighted by molar-refractivity contribution is 6.02. The fourth-order valence-corrected chi connectivity index (χ4v) is 2.39. The number of pyridine rings is 1. The van der Waals surface area contributed by atoms with Crippen LogP contribution in [0.1, 0.15) is 15.9 Å². The zero-order valence-electron chi connectivity index (χ0n) is 11.4. The average molecular weight is 289 g/mol. The van der Waals surface area contributed by atoms with E-state index < -0.39 is 5.97 Å². The first kappa shape index (κ1) is 13.6. The Kier molecular flexibility index (Phi) is 3.42. The molecular weight excluding hydrogens is 278 g/mol. The minimum absolute atomic E-state index is 0.162. The number of aromatic carboxylic acids is 1. The van der Waals surface area contributed by atoms with Crippen molar-refractivity contribution < 1.29 is 9.90 Å². The maximum atomic E-state index is 11.6. The summed E-state index contributed by atoms with van der Waals surface area (Å²) in [4.78, 5) is 15.6. The van der Waals surface area contributed by atoms with Gasteiger partial charge in [0.05, 0.1) is 11.3 Å². The summed E-state index contributed by atoms with van der Waals surface area (Å²) in [5.41, 5.74) is 3.37. The van der Waals surface area contributed by atoms with E-state index >= 15 is 0 Å². The predicted octanol–water partition coefficient (Wildman–Crippen LogP) is 2.82. The number of hydrogen-bond acceptors (Lipinski definition) is 3. The van der Waals surface area contributed by atoms with Crippen LogP contribution in [-0.4, -0.2) is 26.3 Å². The van der Waals surface area contributed by atoms with Gasteiger partial charge in [-0.3, -0.25) is 10.1 Å². The van der Waals surface area contributed by atoms with Gasteiger partial charge in [0.1, 0.15) is 0 Å². The molecule has 3 aromatic rings. The number of nitrogens with zero attached hydrogens (tertiary/aromatic N) is 2. The van der Waals surface area contributed by atoms with Gasteiger partial charge in [0.15, 0.2) is 0 Å². The first-order chi connectivity index (χ1) is 10.7. The van der Waals surface area contributed by atoms with Crippen molar-refractivity contribution in [2.75, 3.05) is 0 Å². The van der Waals surface area contributed by atoms with Gasteiger partial charge in [-0.1, -0.05) is 5.92 Å². The number of benzene rings is 1. The number of aromatic nitrogens is 3. The summed E-state index contributed by atoms with van der Waals surface area (Å²) in [5, 5.41) is 16.2. The highest BCUT2D eigenvalue weighted by Crippen LogP contribution is 2.36. The van der Waals surface area contributed by atoms with Gasteiger partial charge in [-0.05, 0) is 35.9 Å². The summed E-state index contributed by atoms with van der Waals surface area (Å²) < 4.78 is 0. The van der Waals surface area contributed by atoms with Crippen molar-refractivity contribution in [2.24, 2.45) is 0 Å². The third kappa shape index (κ3) is 2.23. The van der Waals surface area contributed by atoms with E-state index in [0.29, 0.717) is 22.4 Å². The summed E-state index contributed by atoms with van der Waals surface area (Å²) >= 11 is 0. The Bertz CT molecular complexity index is 863. The minimum atomic E-state index is -1.02. The van der Waals surface area contributed by atoms with Crippen molar-refractivity contribution >= 4 is 5.97 Å². The lowest BCUT2D eigenvalue weighted by molar-refractivity contribution is 0.0697. The second kappa shape index (κ2) is 5.54. The summed E-state index contributed by atoms with van der Waals surface area (Å²) in [6, 6.07) is 8.45. The highest BCUT2D eigenvalue weighted by atomic mass is 16.4. The third-order valence-electron chi connectivity index (χ3n) is 3.33. The number of nitrogens with one attached hydrogen (secondary N) is 1. The fraction of sp³-hybridized carbons (Fsp3) is 0. The second-order valence-corrected chi connectivity index (χ2v) is 4.57. The molecule has 0 radical (unpaired) electrons. The van der Waals surface area contributed by atoms with Crippen molar-refractivity contribution in [3.05, 3.63) is 60.0 Å². The van der Waals surface area contributed by atoms with Gasteiger partial charge in [0, 0.05) is 35.3 Å². The summed E-state index contributed by atoms with van der Waals surface area (Å²) in [7, 11) is 0. The normalized spacial score (nSPS) is 10.1. The second-order valence-electron chi connectivity index (χ2n) is 4.57. The molecule has 0 bridgehead atoms. The molecule has 5 nitrogen and oxygen atoms in total. The Morgan fingerprint density at radius 1 is 1.09 bits per heavy atom. The number of terminal acetylenes is 1. The zero-order chi connectivity index (χ0) is 15.5. The Morgan fingerprint density at radius 2 is 1.86 bits per heavy atom. The van der Waals surface area contributed by atoms with Crippen LogP contribution in [-0.2, 0) is 0 Å². The molecule has 106 valence electrons. The molecule has 0 unspecified atom stereocenters. The van der Waals surface area contributed by atoms with E-state index in [-0.39, 0.29) is 5.56 Å². The minimum Gasteiger partial charge on any atom is -0.478 e. The summed E-state index contributed by atoms with van der Waals surface area (Å²) in [5.74, 6) is 1.59. The molecule has 0 amide bonds. The van der Waals surface area contributed by atoms with Crippen LogP contribution in [0, 0.1) is 12.3 Å². The van der Waals surface area contributed by atoms with E-state index in [4.69, 9.17) is 6.42 Å². The Balaban J connectivity index is 2.42. The van der Waals surface area contributed by atoms with Crippen LogP contribution in [0.5, 0.6) is 0 Å². The van der Waals surface area contributed by atoms with E-state index in [1.54, 1.807) is 42.9 Å². The molecule has 22 heavy (non-hydrogen) atoms. The Labute approximate surface area is 126 Å². The molecule has 0 aliphatic carbocycles. The Hall–Kier alpha value is -3.39. The number of H-pyrrole nitrogens is 1. The van der Waals surface area contributed by atoms with Gasteiger partial charge >= 0.3 is 5.97 Å². The van der Waals surface area contributed by atoms with Crippen LogP contribution < -0.4 is 0 Å². The van der Waals surface area contributed by atoms with E-state index in [9.17, 15) is 9.90 Å². The topological polar surface area (TPSA) is 78.9 Å². The van der Waals surface area contributed by atoms with Crippen LogP contribution in [0.2, 0.25) is 0 Å². The first-order valence-electron chi connectivity index (χ1n) is 6.49. The third-order valence-corrected chi connectivity index (χ3v) is 3.33. The van der Waals surface area contributed by atoms with Crippen molar-refractivity contribution in [1.29, 1.82) is 0 Å². The van der Waals surface area contributed by atoms with E-state index in [0.717, 1.165) is 5.56 Å². The number of carbonyl (C=O) groups is 1. The molecule has 0 saturated heterocycles. The van der Waals surface area contributed by atoms with Gasteiger partial charge < -0.3 is 5.11 Å². The molecule has 3 rings (SSSR count). The van der Waals surface area contributed by atoms with E-state index in [1.807, 2.05) is 0 Å². The van der Waals surface area contributed by atoms with Crippen molar-refractivity contribution in [3.63, 3.8) is 0 Å². The van der Waals surface area contributed by atoms with Crippen molar-refractivity contribution in [2.45, 2.75) is 0 Å². The fourth-order valence-electron chi connectivity index (χ4n) is 2.39. The maximum Gasteiger partial charge on any atom is 0.336 e. The van der Waals surface area contributed by atoms with Gasteiger partial charge in [-0.15, -0.1) is 6.42 Å². The molecule has 1 aromatic carbocycles. The molecule has 2 aromatic heterocycles. The largest absolute Gasteiger partial charge is 0.478 e. The van der Waals surface area contributed by atoms with Crippen LogP contribution in [0.3, 0.4) is 0 Å². The maximum absolute atomic E-state index is 11.6. The molecule has 2 heterocycles. The molecule has 5 heteroatoms. The average Bonchev–Trinajstić information content (AvgIpc) is 3.08. The smallest absolute Gasteiger partial charge is 0.336 e. The van der Waals surface area contributed by atoms with Crippen molar-refractivity contribution in [1.82, 2.24) is 15.2 Å². The number of carboxylic acids is 1. The van der Waals surface area contributed by atoms with Crippen LogP contribution in [0.4, 0.5) is 0 Å². The standard InChI is InChI=1S/C17H11N3O2/c1-2-11-3-4-13(17(21)22)16(14-7-10-19-20-14)15(11)12-5-8-18-9-6-12/h1,3-10H,(H,19,20)(H,21,22). The van der Waals surface area contributed by atoms with E-state index in [2.05, 4.69) is 21.1 Å². The quantitative estimate of drug-likeness (QED) is 0.727. The molecule has 0 fully saturated rings.